The highest BCUT2D eigenvalue weighted by Gasteiger charge is 2.32. The summed E-state index contributed by atoms with van der Waals surface area (Å²) in [6.45, 7) is 2.83. The molecule has 8 nitrogen and oxygen atoms in total. The minimum absolute atomic E-state index is 0.235. The summed E-state index contributed by atoms with van der Waals surface area (Å²) in [7, 11) is 0. The van der Waals surface area contributed by atoms with Crippen molar-refractivity contribution < 1.29 is 32.5 Å². The number of aliphatic hydroxyl groups excluding tert-OH is 1. The largest absolute Gasteiger partial charge is 0.573 e. The number of aromatic nitrogens is 3. The smallest absolute Gasteiger partial charge is 0.406 e. The van der Waals surface area contributed by atoms with Gasteiger partial charge in [-0.15, -0.1) is 13.2 Å². The van der Waals surface area contributed by atoms with Crippen molar-refractivity contribution in [2.24, 2.45) is 0 Å². The lowest BCUT2D eigenvalue weighted by molar-refractivity contribution is -0.274. The van der Waals surface area contributed by atoms with Crippen molar-refractivity contribution in [1.29, 1.82) is 0 Å². The average Bonchev–Trinajstić information content (AvgIpc) is 3.28. The molecule has 0 amide bonds. The second-order valence-corrected chi connectivity index (χ2v) is 8.46. The predicted molar refractivity (Wildman–Crippen MR) is 115 cm³/mol. The van der Waals surface area contributed by atoms with Crippen LogP contribution in [0.4, 0.5) is 13.2 Å². The number of fused-ring (bicyclic) bond motifs is 1. The number of hydrogen-bond acceptors (Lipinski definition) is 7. The summed E-state index contributed by atoms with van der Waals surface area (Å²) in [6.07, 6.45) is -2.51. The van der Waals surface area contributed by atoms with Gasteiger partial charge in [-0.2, -0.15) is 0 Å². The minimum atomic E-state index is -4.74. The lowest BCUT2D eigenvalue weighted by Gasteiger charge is -2.35. The fraction of sp³-hybridized carbons (Fsp3) is 0.478. The summed E-state index contributed by atoms with van der Waals surface area (Å²) >= 11 is 0. The van der Waals surface area contributed by atoms with Crippen molar-refractivity contribution >= 4 is 11.2 Å². The number of alkyl halides is 3. The van der Waals surface area contributed by atoms with Crippen LogP contribution >= 0.6 is 0 Å². The number of piperidine rings is 1. The van der Waals surface area contributed by atoms with Crippen molar-refractivity contribution in [3.63, 3.8) is 0 Å². The molecule has 0 aliphatic carbocycles. The number of aromatic amines is 1. The number of aliphatic hydroxyl groups is 1. The molecular formula is C23H25F3N4O4. The molecule has 2 aromatic heterocycles. The van der Waals surface area contributed by atoms with Crippen molar-refractivity contribution in [3.05, 3.63) is 53.5 Å². The van der Waals surface area contributed by atoms with Gasteiger partial charge >= 0.3 is 6.36 Å². The Morgan fingerprint density at radius 1 is 1.12 bits per heavy atom. The maximum Gasteiger partial charge on any atom is 0.573 e. The van der Waals surface area contributed by atoms with Gasteiger partial charge in [0.15, 0.2) is 5.65 Å². The number of H-pyrrole nitrogens is 1. The van der Waals surface area contributed by atoms with Crippen LogP contribution in [0.2, 0.25) is 0 Å². The van der Waals surface area contributed by atoms with E-state index in [1.807, 2.05) is 11.0 Å². The molecule has 2 aliphatic rings. The molecule has 34 heavy (non-hydrogen) atoms. The van der Waals surface area contributed by atoms with Crippen LogP contribution in [0.5, 0.6) is 5.75 Å². The van der Waals surface area contributed by atoms with E-state index in [4.69, 9.17) is 9.47 Å². The Kier molecular flexibility index (Phi) is 6.43. The van der Waals surface area contributed by atoms with Gasteiger partial charge in [-0.05, 0) is 48.1 Å². The van der Waals surface area contributed by atoms with Gasteiger partial charge in [0.25, 0.3) is 0 Å². The summed E-state index contributed by atoms with van der Waals surface area (Å²) < 4.78 is 52.2. The van der Waals surface area contributed by atoms with Crippen molar-refractivity contribution in [1.82, 2.24) is 19.9 Å². The van der Waals surface area contributed by atoms with Crippen LogP contribution in [0.1, 0.15) is 48.0 Å². The normalized spacial score (nSPS) is 21.6. The van der Waals surface area contributed by atoms with Crippen molar-refractivity contribution in [2.45, 2.75) is 37.5 Å². The van der Waals surface area contributed by atoms with Crippen molar-refractivity contribution in [2.75, 3.05) is 32.9 Å². The van der Waals surface area contributed by atoms with E-state index in [-0.39, 0.29) is 17.8 Å². The number of nitrogens with zero attached hydrogens (tertiary/aromatic N) is 3. The highest BCUT2D eigenvalue weighted by Crippen LogP contribution is 2.35. The number of halogens is 3. The van der Waals surface area contributed by atoms with Crippen LogP contribution in [0.25, 0.3) is 11.2 Å². The molecule has 182 valence electrons. The molecule has 5 rings (SSSR count). The fourth-order valence-corrected chi connectivity index (χ4v) is 4.59. The van der Waals surface area contributed by atoms with Gasteiger partial charge in [0.1, 0.15) is 23.9 Å². The van der Waals surface area contributed by atoms with Crippen molar-refractivity contribution in [3.8, 4) is 5.75 Å². The standard InChI is InChI=1S/C23H25F3N4O4/c24-23(25,26)34-16-3-1-15(2-4-16)22(31)30-9-6-14(7-10-30)17-5-8-27-21-19(17)28-20(29-21)18-13-32-11-12-33-18/h1-5,8,14,18,22,31H,6-7,9-13H2,(H,27,28,29). The summed E-state index contributed by atoms with van der Waals surface area (Å²) in [5.74, 6) is 0.654. The molecule has 2 fully saturated rings. The molecule has 2 saturated heterocycles. The number of nitrogens with one attached hydrogen (secondary N) is 1. The zero-order valence-corrected chi connectivity index (χ0v) is 18.3. The highest BCUT2D eigenvalue weighted by atomic mass is 19.4. The topological polar surface area (TPSA) is 92.7 Å². The lowest BCUT2D eigenvalue weighted by atomic mass is 9.89. The van der Waals surface area contributed by atoms with Gasteiger partial charge in [0, 0.05) is 19.3 Å². The maximum absolute atomic E-state index is 12.4. The molecule has 0 bridgehead atoms. The van der Waals surface area contributed by atoms with Gasteiger partial charge in [0.05, 0.1) is 25.3 Å². The number of imidazole rings is 1. The van der Waals surface area contributed by atoms with Crippen LogP contribution in [0.3, 0.4) is 0 Å². The third kappa shape index (κ3) is 5.02. The SMILES string of the molecule is OC(c1ccc(OC(F)(F)F)cc1)N1CCC(c2ccnc3nc(C4COCCO4)[nH]c23)CC1. The molecular weight excluding hydrogens is 453 g/mol. The summed E-state index contributed by atoms with van der Waals surface area (Å²) in [6, 6.07) is 7.33. The number of hydrogen-bond donors (Lipinski definition) is 2. The molecule has 11 heteroatoms. The van der Waals surface area contributed by atoms with Crippen LogP contribution < -0.4 is 4.74 Å². The minimum Gasteiger partial charge on any atom is -0.406 e. The molecule has 0 spiro atoms. The van der Waals surface area contributed by atoms with Gasteiger partial charge < -0.3 is 24.3 Å². The second kappa shape index (κ2) is 9.49. The number of pyridine rings is 1. The monoisotopic (exact) mass is 478 g/mol. The molecule has 2 aliphatic heterocycles. The Hall–Kier alpha value is -2.73. The molecule has 0 saturated carbocycles. The zero-order chi connectivity index (χ0) is 23.7. The molecule has 2 N–H and O–H groups in total. The molecule has 0 radical (unpaired) electrons. The average molecular weight is 478 g/mol. The summed E-state index contributed by atoms with van der Waals surface area (Å²) in [5, 5.41) is 10.8. The Morgan fingerprint density at radius 3 is 2.56 bits per heavy atom. The zero-order valence-electron chi connectivity index (χ0n) is 18.3. The molecule has 1 aromatic carbocycles. The fourth-order valence-electron chi connectivity index (χ4n) is 4.59. The number of likely N-dealkylation sites (tertiary alicyclic amines) is 1. The first kappa shape index (κ1) is 23.0. The maximum atomic E-state index is 12.4. The van der Waals surface area contributed by atoms with Crippen LogP contribution in [0.15, 0.2) is 36.5 Å². The van der Waals surface area contributed by atoms with E-state index < -0.39 is 12.6 Å². The number of rotatable bonds is 5. The first-order chi connectivity index (χ1) is 16.4. The Morgan fingerprint density at radius 2 is 1.88 bits per heavy atom. The van der Waals surface area contributed by atoms with E-state index in [0.29, 0.717) is 49.9 Å². The Balaban J connectivity index is 1.24. The Bertz CT molecular complexity index is 1110. The van der Waals surface area contributed by atoms with E-state index in [1.54, 1.807) is 6.20 Å². The molecule has 4 heterocycles. The van der Waals surface area contributed by atoms with Gasteiger partial charge in [-0.25, -0.2) is 9.97 Å². The predicted octanol–water partition coefficient (Wildman–Crippen LogP) is 3.81. The van der Waals surface area contributed by atoms with Gasteiger partial charge in [-0.3, -0.25) is 4.90 Å². The molecule has 3 aromatic rings. The third-order valence-corrected chi connectivity index (χ3v) is 6.29. The van der Waals surface area contributed by atoms with E-state index in [9.17, 15) is 18.3 Å². The van der Waals surface area contributed by atoms with E-state index in [1.165, 1.54) is 24.3 Å². The van der Waals surface area contributed by atoms with Crippen LogP contribution in [-0.2, 0) is 9.47 Å². The van der Waals surface area contributed by atoms with Crippen LogP contribution in [0, 0.1) is 0 Å². The summed E-state index contributed by atoms with van der Waals surface area (Å²) in [5.41, 5.74) is 3.19. The number of ether oxygens (including phenoxy) is 3. The molecule has 2 unspecified atom stereocenters. The lowest BCUT2D eigenvalue weighted by Crippen LogP contribution is -2.36. The first-order valence-corrected chi connectivity index (χ1v) is 11.2. The van der Waals surface area contributed by atoms with E-state index in [0.717, 1.165) is 23.9 Å². The second-order valence-electron chi connectivity index (χ2n) is 8.46. The highest BCUT2D eigenvalue weighted by molar-refractivity contribution is 5.75. The first-order valence-electron chi connectivity index (χ1n) is 11.2. The van der Waals surface area contributed by atoms with Gasteiger partial charge in [-0.1, -0.05) is 12.1 Å². The third-order valence-electron chi connectivity index (χ3n) is 6.29. The Labute approximate surface area is 193 Å². The van der Waals surface area contributed by atoms with E-state index in [2.05, 4.69) is 19.7 Å². The quantitative estimate of drug-likeness (QED) is 0.576. The number of benzene rings is 1. The van der Waals surface area contributed by atoms with E-state index >= 15 is 0 Å². The van der Waals surface area contributed by atoms with Crippen LogP contribution in [-0.4, -0.2) is 64.2 Å². The summed E-state index contributed by atoms with van der Waals surface area (Å²) in [4.78, 5) is 14.3. The molecule has 2 atom stereocenters. The van der Waals surface area contributed by atoms with Gasteiger partial charge in [0.2, 0.25) is 0 Å².